The molecule has 1 atom stereocenters. The molecule has 0 aliphatic carbocycles. The van der Waals surface area contributed by atoms with Crippen LogP contribution in [0.3, 0.4) is 0 Å². The van der Waals surface area contributed by atoms with Crippen LogP contribution >= 0.6 is 0 Å². The third-order valence-electron chi connectivity index (χ3n) is 3.79. The van der Waals surface area contributed by atoms with E-state index in [4.69, 9.17) is 10.7 Å². The Morgan fingerprint density at radius 2 is 1.80 bits per heavy atom. The van der Waals surface area contributed by atoms with Gasteiger partial charge < -0.3 is 10.3 Å². The molecule has 3 rings (SSSR count). The lowest BCUT2D eigenvalue weighted by Gasteiger charge is -2.18. The molecule has 2 aromatic carbocycles. The first kappa shape index (κ1) is 12.7. The van der Waals surface area contributed by atoms with Crippen molar-refractivity contribution in [1.29, 1.82) is 0 Å². The molecule has 3 nitrogen and oxygen atoms in total. The van der Waals surface area contributed by atoms with Gasteiger partial charge >= 0.3 is 0 Å². The van der Waals surface area contributed by atoms with Gasteiger partial charge in [-0.05, 0) is 36.8 Å². The first-order chi connectivity index (χ1) is 9.70. The Bertz CT molecular complexity index is 726. The number of nitrogen functional groups attached to an aromatic ring is 1. The quantitative estimate of drug-likeness (QED) is 0.732. The van der Waals surface area contributed by atoms with Gasteiger partial charge in [-0.1, -0.05) is 31.2 Å². The molecule has 0 bridgehead atoms. The lowest BCUT2D eigenvalue weighted by molar-refractivity contribution is 0.623. The zero-order valence-corrected chi connectivity index (χ0v) is 11.9. The Hall–Kier alpha value is -2.29. The maximum absolute atomic E-state index is 5.77. The largest absolute Gasteiger partial charge is 0.399 e. The molecule has 20 heavy (non-hydrogen) atoms. The van der Waals surface area contributed by atoms with Gasteiger partial charge in [0.15, 0.2) is 0 Å². The van der Waals surface area contributed by atoms with Gasteiger partial charge in [0.2, 0.25) is 0 Å². The van der Waals surface area contributed by atoms with Crippen molar-refractivity contribution < 1.29 is 0 Å². The Morgan fingerprint density at radius 3 is 2.50 bits per heavy atom. The van der Waals surface area contributed by atoms with Crippen LogP contribution in [-0.2, 0) is 6.42 Å². The second-order valence-electron chi connectivity index (χ2n) is 5.08. The summed E-state index contributed by atoms with van der Waals surface area (Å²) in [6.07, 6.45) is 0.925. The number of anilines is 1. The maximum atomic E-state index is 5.77. The summed E-state index contributed by atoms with van der Waals surface area (Å²) < 4.78 is 2.32. The molecular formula is C17H19N3. The Kier molecular flexibility index (Phi) is 3.18. The normalized spacial score (nSPS) is 12.7. The van der Waals surface area contributed by atoms with Crippen molar-refractivity contribution in [3.63, 3.8) is 0 Å². The van der Waals surface area contributed by atoms with E-state index in [-0.39, 0.29) is 6.04 Å². The summed E-state index contributed by atoms with van der Waals surface area (Å²) in [6.45, 7) is 4.35. The van der Waals surface area contributed by atoms with Gasteiger partial charge in [-0.15, -0.1) is 0 Å². The molecule has 0 aliphatic rings. The number of aryl methyl sites for hydroxylation is 1. The molecule has 0 fully saturated rings. The van der Waals surface area contributed by atoms with Crippen molar-refractivity contribution in [3.05, 3.63) is 59.9 Å². The maximum Gasteiger partial charge on any atom is 0.110 e. The lowest BCUT2D eigenvalue weighted by Crippen LogP contribution is -2.10. The molecular weight excluding hydrogens is 246 g/mol. The smallest absolute Gasteiger partial charge is 0.110 e. The molecule has 0 aliphatic heterocycles. The number of rotatable bonds is 3. The standard InChI is InChI=1S/C17H19N3/c1-3-17-19-15-6-4-5-7-16(15)20(17)12(2)13-8-10-14(18)11-9-13/h4-12H,3,18H2,1-2H3. The van der Waals surface area contributed by atoms with Crippen LogP contribution in [0, 0.1) is 0 Å². The molecule has 0 saturated carbocycles. The zero-order chi connectivity index (χ0) is 14.1. The molecule has 0 radical (unpaired) electrons. The molecule has 0 amide bonds. The zero-order valence-electron chi connectivity index (χ0n) is 11.9. The topological polar surface area (TPSA) is 43.8 Å². The van der Waals surface area contributed by atoms with Crippen molar-refractivity contribution in [2.24, 2.45) is 0 Å². The molecule has 1 unspecified atom stereocenters. The highest BCUT2D eigenvalue weighted by Crippen LogP contribution is 2.26. The summed E-state index contributed by atoms with van der Waals surface area (Å²) in [6, 6.07) is 16.6. The van der Waals surface area contributed by atoms with Crippen molar-refractivity contribution in [1.82, 2.24) is 9.55 Å². The average Bonchev–Trinajstić information content (AvgIpc) is 2.85. The fourth-order valence-electron chi connectivity index (χ4n) is 2.70. The average molecular weight is 265 g/mol. The van der Waals surface area contributed by atoms with Crippen LogP contribution in [0.5, 0.6) is 0 Å². The van der Waals surface area contributed by atoms with Crippen LogP contribution < -0.4 is 5.73 Å². The second kappa shape index (κ2) is 5.00. The third-order valence-corrected chi connectivity index (χ3v) is 3.79. The van der Waals surface area contributed by atoms with Crippen LogP contribution in [0.4, 0.5) is 5.69 Å². The van der Waals surface area contributed by atoms with Gasteiger partial charge in [0, 0.05) is 12.1 Å². The fraction of sp³-hybridized carbons (Fsp3) is 0.235. The molecule has 0 saturated heterocycles. The number of nitrogens with two attached hydrogens (primary N) is 1. The molecule has 1 aromatic heterocycles. The van der Waals surface area contributed by atoms with Crippen LogP contribution in [0.1, 0.15) is 31.3 Å². The van der Waals surface area contributed by atoms with Gasteiger partial charge in [-0.2, -0.15) is 0 Å². The Balaban J connectivity index is 2.15. The van der Waals surface area contributed by atoms with Gasteiger partial charge in [0.1, 0.15) is 5.82 Å². The van der Waals surface area contributed by atoms with E-state index in [0.717, 1.165) is 23.4 Å². The molecule has 2 N–H and O–H groups in total. The number of hydrogen-bond acceptors (Lipinski definition) is 2. The highest BCUT2D eigenvalue weighted by Gasteiger charge is 2.15. The lowest BCUT2D eigenvalue weighted by atomic mass is 10.1. The first-order valence-electron chi connectivity index (χ1n) is 7.02. The first-order valence-corrected chi connectivity index (χ1v) is 7.02. The molecule has 1 heterocycles. The number of imidazole rings is 1. The van der Waals surface area contributed by atoms with Crippen molar-refractivity contribution in [3.8, 4) is 0 Å². The van der Waals surface area contributed by atoms with Crippen LogP contribution in [0.15, 0.2) is 48.5 Å². The van der Waals surface area contributed by atoms with Crippen LogP contribution in [-0.4, -0.2) is 9.55 Å². The van der Waals surface area contributed by atoms with Crippen LogP contribution in [0.25, 0.3) is 11.0 Å². The predicted octanol–water partition coefficient (Wildman–Crippen LogP) is 3.79. The van der Waals surface area contributed by atoms with E-state index in [9.17, 15) is 0 Å². The summed E-state index contributed by atoms with van der Waals surface area (Å²) >= 11 is 0. The minimum absolute atomic E-state index is 0.248. The number of hydrogen-bond donors (Lipinski definition) is 1. The highest BCUT2D eigenvalue weighted by molar-refractivity contribution is 5.76. The number of fused-ring (bicyclic) bond motifs is 1. The van der Waals surface area contributed by atoms with E-state index in [0.29, 0.717) is 0 Å². The van der Waals surface area contributed by atoms with Crippen molar-refractivity contribution >= 4 is 16.7 Å². The molecule has 3 heteroatoms. The van der Waals surface area contributed by atoms with E-state index in [1.54, 1.807) is 0 Å². The minimum Gasteiger partial charge on any atom is -0.399 e. The van der Waals surface area contributed by atoms with Gasteiger partial charge in [0.25, 0.3) is 0 Å². The predicted molar refractivity (Wildman–Crippen MR) is 83.8 cm³/mol. The number of nitrogens with zero attached hydrogens (tertiary/aromatic N) is 2. The fourth-order valence-corrected chi connectivity index (χ4v) is 2.70. The summed E-state index contributed by atoms with van der Waals surface area (Å²) in [5, 5.41) is 0. The highest BCUT2D eigenvalue weighted by atomic mass is 15.1. The molecule has 3 aromatic rings. The van der Waals surface area contributed by atoms with E-state index in [2.05, 4.69) is 48.7 Å². The van der Waals surface area contributed by atoms with Gasteiger partial charge in [-0.25, -0.2) is 4.98 Å². The Labute approximate surface area is 119 Å². The van der Waals surface area contributed by atoms with Crippen molar-refractivity contribution in [2.45, 2.75) is 26.3 Å². The van der Waals surface area contributed by atoms with Gasteiger partial charge in [0.05, 0.1) is 17.1 Å². The molecule has 0 spiro atoms. The number of para-hydroxylation sites is 2. The summed E-state index contributed by atoms with van der Waals surface area (Å²) in [5.41, 5.74) is 10.1. The SMILES string of the molecule is CCc1nc2ccccc2n1C(C)c1ccc(N)cc1. The van der Waals surface area contributed by atoms with E-state index in [1.165, 1.54) is 11.1 Å². The third kappa shape index (κ3) is 2.05. The van der Waals surface area contributed by atoms with Crippen LogP contribution in [0.2, 0.25) is 0 Å². The monoisotopic (exact) mass is 265 g/mol. The van der Waals surface area contributed by atoms with E-state index < -0.39 is 0 Å². The minimum atomic E-state index is 0.248. The van der Waals surface area contributed by atoms with Crippen molar-refractivity contribution in [2.75, 3.05) is 5.73 Å². The second-order valence-corrected chi connectivity index (χ2v) is 5.08. The number of benzene rings is 2. The summed E-state index contributed by atoms with van der Waals surface area (Å²) in [4.78, 5) is 4.73. The summed E-state index contributed by atoms with van der Waals surface area (Å²) in [7, 11) is 0. The van der Waals surface area contributed by atoms with E-state index in [1.807, 2.05) is 18.2 Å². The summed E-state index contributed by atoms with van der Waals surface area (Å²) in [5.74, 6) is 1.12. The Morgan fingerprint density at radius 1 is 1.10 bits per heavy atom. The number of aromatic nitrogens is 2. The van der Waals surface area contributed by atoms with E-state index >= 15 is 0 Å². The van der Waals surface area contributed by atoms with Gasteiger partial charge in [-0.3, -0.25) is 0 Å². The molecule has 102 valence electrons.